The van der Waals surface area contributed by atoms with Gasteiger partial charge in [0.25, 0.3) is 0 Å². The monoisotopic (exact) mass is 342 g/mol. The van der Waals surface area contributed by atoms with Crippen LogP contribution in [0.2, 0.25) is 0 Å². The zero-order chi connectivity index (χ0) is 17.1. The van der Waals surface area contributed by atoms with Crippen LogP contribution in [-0.4, -0.2) is 48.2 Å². The fourth-order valence-corrected chi connectivity index (χ4v) is 4.37. The minimum atomic E-state index is -0.0486. The van der Waals surface area contributed by atoms with Gasteiger partial charge in [-0.15, -0.1) is 0 Å². The number of ether oxygens (including phenoxy) is 2. The fraction of sp³-hybridized carbons (Fsp3) is 0.600. The Balaban J connectivity index is 1.39. The number of hydrogen-bond acceptors (Lipinski definition) is 4. The molecule has 4 rings (SSSR count). The summed E-state index contributed by atoms with van der Waals surface area (Å²) in [5.74, 6) is 0.456. The van der Waals surface area contributed by atoms with Crippen molar-refractivity contribution in [2.24, 2.45) is 11.3 Å². The van der Waals surface area contributed by atoms with Crippen molar-refractivity contribution < 1.29 is 14.3 Å². The third kappa shape index (κ3) is 3.48. The number of fused-ring (bicyclic) bond motifs is 1. The van der Waals surface area contributed by atoms with Crippen molar-refractivity contribution in [2.75, 3.05) is 26.3 Å². The Labute approximate surface area is 149 Å². The molecule has 0 spiro atoms. The lowest BCUT2D eigenvalue weighted by atomic mass is 9.77. The molecule has 3 aliphatic rings. The maximum Gasteiger partial charge on any atom is 0.226 e. The van der Waals surface area contributed by atoms with Crippen LogP contribution in [0.3, 0.4) is 0 Å². The second kappa shape index (κ2) is 7.26. The Morgan fingerprint density at radius 2 is 2.12 bits per heavy atom. The van der Waals surface area contributed by atoms with Crippen molar-refractivity contribution >= 4 is 5.91 Å². The zero-order valence-corrected chi connectivity index (χ0v) is 14.6. The van der Waals surface area contributed by atoms with Gasteiger partial charge in [0, 0.05) is 43.4 Å². The number of likely N-dealkylation sites (tertiary alicyclic amines) is 1. The smallest absolute Gasteiger partial charge is 0.226 e. The van der Waals surface area contributed by atoms with Gasteiger partial charge in [-0.2, -0.15) is 0 Å². The first-order valence-electron chi connectivity index (χ1n) is 9.29. The maximum absolute atomic E-state index is 12.8. The second-order valence-corrected chi connectivity index (χ2v) is 7.51. The third-order valence-electron chi connectivity index (χ3n) is 5.85. The molecular weight excluding hydrogens is 316 g/mol. The molecule has 0 saturated carbocycles. The molecule has 25 heavy (non-hydrogen) atoms. The van der Waals surface area contributed by atoms with E-state index in [2.05, 4.69) is 22.0 Å². The second-order valence-electron chi connectivity index (χ2n) is 7.51. The molecule has 1 aromatic rings. The van der Waals surface area contributed by atoms with Gasteiger partial charge < -0.3 is 14.4 Å². The summed E-state index contributed by atoms with van der Waals surface area (Å²) in [5.41, 5.74) is 1.08. The Morgan fingerprint density at radius 3 is 2.92 bits per heavy atom. The Hall–Kier alpha value is -1.72. The molecule has 0 bridgehead atoms. The van der Waals surface area contributed by atoms with E-state index in [1.54, 1.807) is 12.4 Å². The molecule has 134 valence electrons. The van der Waals surface area contributed by atoms with Gasteiger partial charge in [0.05, 0.1) is 19.3 Å². The first kappa shape index (κ1) is 16.7. The van der Waals surface area contributed by atoms with Crippen molar-refractivity contribution in [2.45, 2.75) is 38.4 Å². The molecule has 2 fully saturated rings. The highest BCUT2D eigenvalue weighted by atomic mass is 16.5. The van der Waals surface area contributed by atoms with E-state index in [1.165, 1.54) is 0 Å². The molecule has 2 atom stereocenters. The number of rotatable bonds is 5. The SMILES string of the molecule is O=C(C1CC=CC1)N1CC[C@H]2OCC[C@@]2(COCc2ccncc2)C1. The van der Waals surface area contributed by atoms with E-state index in [4.69, 9.17) is 9.47 Å². The van der Waals surface area contributed by atoms with Crippen LogP contribution in [0.5, 0.6) is 0 Å². The number of nitrogens with zero attached hydrogens (tertiary/aromatic N) is 2. The van der Waals surface area contributed by atoms with Crippen LogP contribution in [0.1, 0.15) is 31.2 Å². The molecular formula is C20H26N2O3. The first-order chi connectivity index (χ1) is 12.3. The summed E-state index contributed by atoms with van der Waals surface area (Å²) in [6, 6.07) is 3.95. The van der Waals surface area contributed by atoms with Gasteiger partial charge in [0.2, 0.25) is 5.91 Å². The lowest BCUT2D eigenvalue weighted by molar-refractivity contribution is -0.143. The average Bonchev–Trinajstić information content (AvgIpc) is 3.31. The molecule has 0 N–H and O–H groups in total. The van der Waals surface area contributed by atoms with E-state index < -0.39 is 0 Å². The predicted octanol–water partition coefficient (Wildman–Crippen LogP) is 2.57. The van der Waals surface area contributed by atoms with Gasteiger partial charge in [-0.3, -0.25) is 9.78 Å². The lowest BCUT2D eigenvalue weighted by Crippen LogP contribution is -2.54. The van der Waals surface area contributed by atoms with Gasteiger partial charge >= 0.3 is 0 Å². The number of carbonyl (C=O) groups is 1. The molecule has 0 aromatic carbocycles. The predicted molar refractivity (Wildman–Crippen MR) is 93.7 cm³/mol. The molecule has 2 aliphatic heterocycles. The topological polar surface area (TPSA) is 51.7 Å². The van der Waals surface area contributed by atoms with Crippen LogP contribution < -0.4 is 0 Å². The third-order valence-corrected chi connectivity index (χ3v) is 5.85. The molecule has 5 heteroatoms. The molecule has 2 saturated heterocycles. The van der Waals surface area contributed by atoms with Crippen LogP contribution in [0.4, 0.5) is 0 Å². The molecule has 1 amide bonds. The number of allylic oxidation sites excluding steroid dienone is 2. The minimum Gasteiger partial charge on any atom is -0.377 e. The van der Waals surface area contributed by atoms with Crippen molar-refractivity contribution in [3.05, 3.63) is 42.2 Å². The summed E-state index contributed by atoms with van der Waals surface area (Å²) in [6.07, 6.45) is 11.7. The summed E-state index contributed by atoms with van der Waals surface area (Å²) in [6.45, 7) is 3.58. The highest BCUT2D eigenvalue weighted by molar-refractivity contribution is 5.79. The van der Waals surface area contributed by atoms with Crippen LogP contribution in [0, 0.1) is 11.3 Å². The number of pyridine rings is 1. The van der Waals surface area contributed by atoms with Crippen LogP contribution >= 0.6 is 0 Å². The van der Waals surface area contributed by atoms with E-state index in [-0.39, 0.29) is 17.4 Å². The van der Waals surface area contributed by atoms with Gasteiger partial charge in [-0.1, -0.05) is 12.2 Å². The highest BCUT2D eigenvalue weighted by Crippen LogP contribution is 2.42. The van der Waals surface area contributed by atoms with E-state index in [1.807, 2.05) is 12.1 Å². The standard InChI is InChI=1S/C20H26N2O3/c23-19(17-3-1-2-4-17)22-11-7-18-20(14-22,8-12-25-18)15-24-13-16-5-9-21-10-6-16/h1-2,5-6,9-10,17-18H,3-4,7-8,11-15H2/t18-,20+/m1/s1. The van der Waals surface area contributed by atoms with Gasteiger partial charge in [0.1, 0.15) is 0 Å². The van der Waals surface area contributed by atoms with Crippen LogP contribution in [-0.2, 0) is 20.9 Å². The fourth-order valence-electron chi connectivity index (χ4n) is 4.37. The molecule has 1 aliphatic carbocycles. The quantitative estimate of drug-likeness (QED) is 0.772. The average molecular weight is 342 g/mol. The largest absolute Gasteiger partial charge is 0.377 e. The molecule has 3 heterocycles. The van der Waals surface area contributed by atoms with Crippen LogP contribution in [0.25, 0.3) is 0 Å². The summed E-state index contributed by atoms with van der Waals surface area (Å²) >= 11 is 0. The molecule has 1 aromatic heterocycles. The Morgan fingerprint density at radius 1 is 1.32 bits per heavy atom. The lowest BCUT2D eigenvalue weighted by Gasteiger charge is -2.44. The highest BCUT2D eigenvalue weighted by Gasteiger charge is 2.49. The number of amides is 1. The van der Waals surface area contributed by atoms with Gasteiger partial charge in [-0.05, 0) is 43.4 Å². The number of piperidine rings is 1. The van der Waals surface area contributed by atoms with Gasteiger partial charge in [-0.25, -0.2) is 0 Å². The van der Waals surface area contributed by atoms with E-state index in [0.29, 0.717) is 19.1 Å². The van der Waals surface area contributed by atoms with Crippen LogP contribution in [0.15, 0.2) is 36.7 Å². The minimum absolute atomic E-state index is 0.0486. The van der Waals surface area contributed by atoms with Crippen molar-refractivity contribution in [1.29, 1.82) is 0 Å². The zero-order valence-electron chi connectivity index (χ0n) is 14.6. The number of hydrogen-bond donors (Lipinski definition) is 0. The maximum atomic E-state index is 12.8. The number of aromatic nitrogens is 1. The molecule has 0 radical (unpaired) electrons. The summed E-state index contributed by atoms with van der Waals surface area (Å²) in [5, 5.41) is 0. The molecule has 5 nitrogen and oxygen atoms in total. The number of carbonyl (C=O) groups excluding carboxylic acids is 1. The summed E-state index contributed by atoms with van der Waals surface area (Å²) < 4.78 is 12.0. The van der Waals surface area contributed by atoms with Crippen molar-refractivity contribution in [3.8, 4) is 0 Å². The van der Waals surface area contributed by atoms with E-state index in [0.717, 1.165) is 50.9 Å². The van der Waals surface area contributed by atoms with Gasteiger partial charge in [0.15, 0.2) is 0 Å². The van der Waals surface area contributed by atoms with Crippen molar-refractivity contribution in [1.82, 2.24) is 9.88 Å². The van der Waals surface area contributed by atoms with E-state index in [9.17, 15) is 4.79 Å². The summed E-state index contributed by atoms with van der Waals surface area (Å²) in [4.78, 5) is 18.9. The Bertz CT molecular complexity index is 625. The first-order valence-corrected chi connectivity index (χ1v) is 9.29. The Kier molecular flexibility index (Phi) is 4.86. The normalized spacial score (nSPS) is 29.1. The summed E-state index contributed by atoms with van der Waals surface area (Å²) in [7, 11) is 0. The molecule has 0 unspecified atom stereocenters. The van der Waals surface area contributed by atoms with E-state index >= 15 is 0 Å². The van der Waals surface area contributed by atoms with Crippen molar-refractivity contribution in [3.63, 3.8) is 0 Å².